The summed E-state index contributed by atoms with van der Waals surface area (Å²) in [6.07, 6.45) is 7.02. The molecule has 0 aromatic carbocycles. The second-order valence-electron chi connectivity index (χ2n) is 8.60. The zero-order valence-electron chi connectivity index (χ0n) is 13.9. The minimum atomic E-state index is -0.668. The number of hydrogen-bond acceptors (Lipinski definition) is 4. The third-order valence-electron chi connectivity index (χ3n) is 7.19. The normalized spacial score (nSPS) is 48.7. The zero-order valence-corrected chi connectivity index (χ0v) is 13.9. The molecule has 1 heterocycles. The van der Waals surface area contributed by atoms with Crippen molar-refractivity contribution in [3.8, 4) is 6.07 Å². The Kier molecular flexibility index (Phi) is 3.31. The van der Waals surface area contributed by atoms with E-state index in [0.29, 0.717) is 18.3 Å². The van der Waals surface area contributed by atoms with Crippen LogP contribution in [0, 0.1) is 28.6 Å². The number of hydrogen-bond donors (Lipinski definition) is 2. The predicted octanol–water partition coefficient (Wildman–Crippen LogP) is 1.55. The number of likely N-dealkylation sites (tertiary alicyclic amines) is 1. The van der Waals surface area contributed by atoms with Gasteiger partial charge < -0.3 is 15.7 Å². The molecule has 3 N–H and O–H groups in total. The second kappa shape index (κ2) is 4.94. The molecular weight excluding hydrogens is 290 g/mol. The maximum Gasteiger partial charge on any atom is 0.241 e. The van der Waals surface area contributed by atoms with Crippen molar-refractivity contribution >= 4 is 5.91 Å². The van der Waals surface area contributed by atoms with Gasteiger partial charge in [0.1, 0.15) is 6.04 Å². The van der Waals surface area contributed by atoms with Gasteiger partial charge in [0.2, 0.25) is 5.91 Å². The number of carbonyl (C=O) groups excluding carboxylic acids is 1. The highest BCUT2D eigenvalue weighted by Gasteiger charge is 2.59. The van der Waals surface area contributed by atoms with Crippen molar-refractivity contribution in [1.29, 1.82) is 5.26 Å². The predicted molar refractivity (Wildman–Crippen MR) is 85.0 cm³/mol. The number of piperidine rings is 1. The number of carbonyl (C=O) groups is 1. The number of nitriles is 1. The van der Waals surface area contributed by atoms with E-state index in [1.807, 2.05) is 6.92 Å². The van der Waals surface area contributed by atoms with Gasteiger partial charge in [0, 0.05) is 6.04 Å². The summed E-state index contributed by atoms with van der Waals surface area (Å²) in [6.45, 7) is 2.02. The Morgan fingerprint density at radius 1 is 1.48 bits per heavy atom. The van der Waals surface area contributed by atoms with E-state index in [2.05, 4.69) is 6.07 Å². The monoisotopic (exact) mass is 317 g/mol. The van der Waals surface area contributed by atoms with Crippen molar-refractivity contribution < 1.29 is 9.90 Å². The van der Waals surface area contributed by atoms with Crippen LogP contribution in [-0.2, 0) is 4.79 Å². The van der Waals surface area contributed by atoms with Gasteiger partial charge in [-0.3, -0.25) is 4.79 Å². The Bertz CT molecular complexity index is 573. The fraction of sp³-hybridized carbons (Fsp3) is 0.889. The van der Waals surface area contributed by atoms with Crippen LogP contribution in [-0.4, -0.2) is 39.6 Å². The maximum atomic E-state index is 13.1. The van der Waals surface area contributed by atoms with Gasteiger partial charge in [-0.15, -0.1) is 0 Å². The highest BCUT2D eigenvalue weighted by Crippen LogP contribution is 2.57. The SMILES string of the molecule is CCC1(O)CC2CC[C@@](C(N)C(=O)N3C(C#N)C[C@@H]4CC43)(C2)C1. The van der Waals surface area contributed by atoms with Crippen LogP contribution in [0.4, 0.5) is 0 Å². The molecule has 3 saturated carbocycles. The molecule has 0 aromatic heterocycles. The smallest absolute Gasteiger partial charge is 0.241 e. The third-order valence-corrected chi connectivity index (χ3v) is 7.19. The number of aliphatic hydroxyl groups is 1. The molecule has 0 radical (unpaired) electrons. The number of nitrogens with zero attached hydrogens (tertiary/aromatic N) is 2. The average Bonchev–Trinajstić information content (AvgIpc) is 3.09. The van der Waals surface area contributed by atoms with Gasteiger partial charge in [0.05, 0.1) is 17.7 Å². The highest BCUT2D eigenvalue weighted by molar-refractivity contribution is 5.84. The largest absolute Gasteiger partial charge is 0.390 e. The fourth-order valence-electron chi connectivity index (χ4n) is 5.84. The van der Waals surface area contributed by atoms with Gasteiger partial charge in [0.15, 0.2) is 0 Å². The molecule has 126 valence electrons. The van der Waals surface area contributed by atoms with Gasteiger partial charge >= 0.3 is 0 Å². The number of fused-ring (bicyclic) bond motifs is 3. The van der Waals surface area contributed by atoms with Crippen LogP contribution in [0.1, 0.15) is 58.3 Å². The Hall–Kier alpha value is -1.12. The van der Waals surface area contributed by atoms with Crippen LogP contribution in [0.15, 0.2) is 0 Å². The Labute approximate surface area is 137 Å². The molecule has 1 aliphatic heterocycles. The van der Waals surface area contributed by atoms with Crippen LogP contribution in [0.25, 0.3) is 0 Å². The molecule has 5 nitrogen and oxygen atoms in total. The van der Waals surface area contributed by atoms with E-state index in [9.17, 15) is 15.2 Å². The molecular formula is C18H27N3O2. The van der Waals surface area contributed by atoms with Crippen molar-refractivity contribution in [2.45, 2.75) is 82.0 Å². The summed E-state index contributed by atoms with van der Waals surface area (Å²) in [5, 5.41) is 20.2. The molecule has 2 bridgehead atoms. The molecule has 4 fully saturated rings. The summed E-state index contributed by atoms with van der Waals surface area (Å²) in [4.78, 5) is 14.9. The number of amides is 1. The van der Waals surface area contributed by atoms with Gasteiger partial charge in [-0.05, 0) is 68.6 Å². The van der Waals surface area contributed by atoms with E-state index in [1.54, 1.807) is 4.90 Å². The third kappa shape index (κ3) is 2.22. The first-order valence-corrected chi connectivity index (χ1v) is 9.11. The van der Waals surface area contributed by atoms with Crippen molar-refractivity contribution in [3.63, 3.8) is 0 Å². The summed E-state index contributed by atoms with van der Waals surface area (Å²) < 4.78 is 0. The van der Waals surface area contributed by atoms with Crippen molar-refractivity contribution in [2.24, 2.45) is 23.0 Å². The molecule has 5 heteroatoms. The molecule has 5 unspecified atom stereocenters. The first kappa shape index (κ1) is 15.4. The Morgan fingerprint density at radius 2 is 2.26 bits per heavy atom. The summed E-state index contributed by atoms with van der Waals surface area (Å²) in [5.41, 5.74) is 5.57. The number of rotatable bonds is 3. The van der Waals surface area contributed by atoms with Crippen molar-refractivity contribution in [1.82, 2.24) is 4.90 Å². The Morgan fingerprint density at radius 3 is 2.96 bits per heavy atom. The summed E-state index contributed by atoms with van der Waals surface area (Å²) in [6, 6.07) is 1.67. The zero-order chi connectivity index (χ0) is 16.4. The lowest BCUT2D eigenvalue weighted by Gasteiger charge is -2.46. The van der Waals surface area contributed by atoms with Gasteiger partial charge in [-0.2, -0.15) is 5.26 Å². The van der Waals surface area contributed by atoms with Crippen LogP contribution < -0.4 is 5.73 Å². The second-order valence-corrected chi connectivity index (χ2v) is 8.60. The molecule has 7 atom stereocenters. The van der Waals surface area contributed by atoms with Crippen molar-refractivity contribution in [2.75, 3.05) is 0 Å². The molecule has 3 aliphatic carbocycles. The lowest BCUT2D eigenvalue weighted by molar-refractivity contribution is -0.140. The topological polar surface area (TPSA) is 90.3 Å². The first-order chi connectivity index (χ1) is 10.9. The molecule has 1 amide bonds. The summed E-state index contributed by atoms with van der Waals surface area (Å²) in [5.74, 6) is 0.970. The van der Waals surface area contributed by atoms with Crippen LogP contribution >= 0.6 is 0 Å². The summed E-state index contributed by atoms with van der Waals surface area (Å²) >= 11 is 0. The lowest BCUT2D eigenvalue weighted by atomic mass is 9.64. The van der Waals surface area contributed by atoms with Crippen LogP contribution in [0.3, 0.4) is 0 Å². The summed E-state index contributed by atoms with van der Waals surface area (Å²) in [7, 11) is 0. The molecule has 0 aromatic rings. The van der Waals surface area contributed by atoms with Gasteiger partial charge in [0.25, 0.3) is 0 Å². The van der Waals surface area contributed by atoms with E-state index in [-0.39, 0.29) is 23.4 Å². The molecule has 4 aliphatic rings. The fourth-order valence-corrected chi connectivity index (χ4v) is 5.84. The van der Waals surface area contributed by atoms with Crippen LogP contribution in [0.2, 0.25) is 0 Å². The highest BCUT2D eigenvalue weighted by atomic mass is 16.3. The van der Waals surface area contributed by atoms with E-state index >= 15 is 0 Å². The average molecular weight is 317 g/mol. The first-order valence-electron chi connectivity index (χ1n) is 9.11. The molecule has 4 rings (SSSR count). The maximum absolute atomic E-state index is 13.1. The minimum Gasteiger partial charge on any atom is -0.390 e. The van der Waals surface area contributed by atoms with E-state index in [4.69, 9.17) is 5.73 Å². The molecule has 23 heavy (non-hydrogen) atoms. The van der Waals surface area contributed by atoms with E-state index in [0.717, 1.165) is 44.9 Å². The van der Waals surface area contributed by atoms with Gasteiger partial charge in [-0.1, -0.05) is 6.92 Å². The quantitative estimate of drug-likeness (QED) is 0.826. The van der Waals surface area contributed by atoms with Crippen LogP contribution in [0.5, 0.6) is 0 Å². The van der Waals surface area contributed by atoms with E-state index in [1.165, 1.54) is 0 Å². The van der Waals surface area contributed by atoms with E-state index < -0.39 is 11.6 Å². The van der Waals surface area contributed by atoms with Crippen molar-refractivity contribution in [3.05, 3.63) is 0 Å². The molecule has 0 spiro atoms. The van der Waals surface area contributed by atoms with Gasteiger partial charge in [-0.25, -0.2) is 0 Å². The standard InChI is InChI=1S/C18H27N3O2/c1-2-18(23)8-11-3-4-17(7-11,10-18)15(20)16(22)21-13(9-19)5-12-6-14(12)21/h11-15,23H,2-8,10,20H2,1H3/t11?,12-,13?,14?,15?,17-,18?/m1/s1. The lowest BCUT2D eigenvalue weighted by Crippen LogP contribution is -2.57. The minimum absolute atomic E-state index is 0.0393. The number of nitrogens with two attached hydrogens (primary N) is 1. The molecule has 1 saturated heterocycles. The Balaban J connectivity index is 1.57.